The first kappa shape index (κ1) is 17.8. The molecule has 1 saturated heterocycles. The molecular weight excluding hydrogens is 336 g/mol. The standard InChI is InChI=1S/C20H22N2O2.ClH/c21-14-6-5-11-22(12-14)20(23)24-13-19-17-9-3-1-7-15(17)16-8-2-4-10-18(16)19;/h1-4,7-10,14,19H,5-6,11-13,21H2;1H. The van der Waals surface area contributed by atoms with E-state index in [4.69, 9.17) is 10.5 Å². The highest BCUT2D eigenvalue weighted by atomic mass is 35.5. The summed E-state index contributed by atoms with van der Waals surface area (Å²) in [6.45, 7) is 1.71. The molecule has 2 N–H and O–H groups in total. The molecule has 2 aromatic rings. The van der Waals surface area contributed by atoms with Gasteiger partial charge < -0.3 is 15.4 Å². The number of halogens is 1. The van der Waals surface area contributed by atoms with Crippen LogP contribution in [-0.4, -0.2) is 36.7 Å². The van der Waals surface area contributed by atoms with E-state index in [0.717, 1.165) is 19.4 Å². The summed E-state index contributed by atoms with van der Waals surface area (Å²) in [7, 11) is 0. The Balaban J connectivity index is 0.00000182. The lowest BCUT2D eigenvalue weighted by Crippen LogP contribution is -2.46. The topological polar surface area (TPSA) is 55.6 Å². The highest BCUT2D eigenvalue weighted by molar-refractivity contribution is 5.85. The van der Waals surface area contributed by atoms with Crippen molar-refractivity contribution in [1.82, 2.24) is 4.90 Å². The predicted molar refractivity (Wildman–Crippen MR) is 101 cm³/mol. The number of hydrogen-bond donors (Lipinski definition) is 1. The van der Waals surface area contributed by atoms with Crippen molar-refractivity contribution >= 4 is 18.5 Å². The number of amides is 1. The maximum atomic E-state index is 12.4. The van der Waals surface area contributed by atoms with Crippen molar-refractivity contribution in [2.24, 2.45) is 5.73 Å². The van der Waals surface area contributed by atoms with Gasteiger partial charge in [-0.25, -0.2) is 4.79 Å². The molecular formula is C20H23ClN2O2. The molecule has 0 saturated carbocycles. The van der Waals surface area contributed by atoms with Gasteiger partial charge in [0, 0.05) is 25.0 Å². The van der Waals surface area contributed by atoms with E-state index < -0.39 is 0 Å². The van der Waals surface area contributed by atoms with Crippen molar-refractivity contribution < 1.29 is 9.53 Å². The van der Waals surface area contributed by atoms with E-state index in [-0.39, 0.29) is 30.5 Å². The number of benzene rings is 2. The van der Waals surface area contributed by atoms with Gasteiger partial charge >= 0.3 is 6.09 Å². The van der Waals surface area contributed by atoms with Gasteiger partial charge in [-0.15, -0.1) is 12.4 Å². The van der Waals surface area contributed by atoms with Gasteiger partial charge in [0.15, 0.2) is 0 Å². The molecule has 1 heterocycles. The third-order valence-corrected chi connectivity index (χ3v) is 5.05. The highest BCUT2D eigenvalue weighted by Crippen LogP contribution is 2.44. The van der Waals surface area contributed by atoms with Crippen LogP contribution in [0.25, 0.3) is 11.1 Å². The first-order chi connectivity index (χ1) is 11.7. The predicted octanol–water partition coefficient (Wildman–Crippen LogP) is 3.78. The molecule has 1 unspecified atom stereocenters. The smallest absolute Gasteiger partial charge is 0.409 e. The lowest BCUT2D eigenvalue weighted by atomic mass is 9.98. The van der Waals surface area contributed by atoms with Crippen molar-refractivity contribution in [3.05, 3.63) is 59.7 Å². The Morgan fingerprint density at radius 2 is 1.68 bits per heavy atom. The number of ether oxygens (including phenoxy) is 1. The minimum Gasteiger partial charge on any atom is -0.448 e. The lowest BCUT2D eigenvalue weighted by Gasteiger charge is -2.30. The Morgan fingerprint density at radius 1 is 1.08 bits per heavy atom. The largest absolute Gasteiger partial charge is 0.448 e. The maximum Gasteiger partial charge on any atom is 0.409 e. The second kappa shape index (κ2) is 7.46. The quantitative estimate of drug-likeness (QED) is 0.888. The van der Waals surface area contributed by atoms with Crippen molar-refractivity contribution in [2.45, 2.75) is 24.8 Å². The molecule has 1 fully saturated rings. The van der Waals surface area contributed by atoms with Crippen LogP contribution in [-0.2, 0) is 4.74 Å². The fourth-order valence-electron chi connectivity index (χ4n) is 3.86. The monoisotopic (exact) mass is 358 g/mol. The molecule has 5 heteroatoms. The van der Waals surface area contributed by atoms with Gasteiger partial charge in [0.05, 0.1) is 0 Å². The molecule has 0 aromatic heterocycles. The van der Waals surface area contributed by atoms with Gasteiger partial charge in [-0.05, 0) is 35.1 Å². The minimum atomic E-state index is -0.244. The van der Waals surface area contributed by atoms with Crippen LogP contribution in [0.15, 0.2) is 48.5 Å². The fraction of sp³-hybridized carbons (Fsp3) is 0.350. The summed E-state index contributed by atoms with van der Waals surface area (Å²) in [4.78, 5) is 14.1. The van der Waals surface area contributed by atoms with Gasteiger partial charge in [0.1, 0.15) is 6.61 Å². The molecule has 1 atom stereocenters. The molecule has 132 valence electrons. The number of piperidine rings is 1. The molecule has 0 spiro atoms. The molecule has 0 bridgehead atoms. The van der Waals surface area contributed by atoms with Crippen LogP contribution >= 0.6 is 12.4 Å². The number of carbonyl (C=O) groups is 1. The summed E-state index contributed by atoms with van der Waals surface area (Å²) in [6.07, 6.45) is 1.69. The molecule has 1 amide bonds. The minimum absolute atomic E-state index is 0. The second-order valence-corrected chi connectivity index (χ2v) is 6.65. The average molecular weight is 359 g/mol. The summed E-state index contributed by atoms with van der Waals surface area (Å²) in [5.74, 6) is 0.111. The number of hydrogen-bond acceptors (Lipinski definition) is 3. The summed E-state index contributed by atoms with van der Waals surface area (Å²) < 4.78 is 5.66. The molecule has 0 radical (unpaired) electrons. The van der Waals surface area contributed by atoms with E-state index in [1.165, 1.54) is 22.3 Å². The molecule has 4 rings (SSSR count). The van der Waals surface area contributed by atoms with Crippen LogP contribution in [0.2, 0.25) is 0 Å². The number of carbonyl (C=O) groups excluding carboxylic acids is 1. The second-order valence-electron chi connectivity index (χ2n) is 6.65. The molecule has 2 aromatic carbocycles. The van der Waals surface area contributed by atoms with Crippen LogP contribution in [0.3, 0.4) is 0 Å². The lowest BCUT2D eigenvalue weighted by molar-refractivity contribution is 0.0896. The normalized spacial score (nSPS) is 18.9. The third-order valence-electron chi connectivity index (χ3n) is 5.05. The van der Waals surface area contributed by atoms with Crippen LogP contribution in [0.1, 0.15) is 29.9 Å². The van der Waals surface area contributed by atoms with Gasteiger partial charge in [0.25, 0.3) is 0 Å². The van der Waals surface area contributed by atoms with Crippen LogP contribution in [0.4, 0.5) is 4.79 Å². The van der Waals surface area contributed by atoms with Gasteiger partial charge in [-0.1, -0.05) is 48.5 Å². The van der Waals surface area contributed by atoms with Gasteiger partial charge in [-0.2, -0.15) is 0 Å². The number of rotatable bonds is 2. The first-order valence-corrected chi connectivity index (χ1v) is 8.59. The third kappa shape index (κ3) is 3.37. The first-order valence-electron chi connectivity index (χ1n) is 8.59. The zero-order valence-electron chi connectivity index (χ0n) is 14.1. The highest BCUT2D eigenvalue weighted by Gasteiger charge is 2.30. The number of nitrogens with zero attached hydrogens (tertiary/aromatic N) is 1. The molecule has 2 aliphatic rings. The fourth-order valence-corrected chi connectivity index (χ4v) is 3.86. The SMILES string of the molecule is Cl.NC1CCCN(C(=O)OCC2c3ccccc3-c3ccccc32)C1. The van der Waals surface area contributed by atoms with E-state index in [0.29, 0.717) is 13.2 Å². The number of fused-ring (bicyclic) bond motifs is 3. The molecule has 25 heavy (non-hydrogen) atoms. The zero-order chi connectivity index (χ0) is 16.5. The van der Waals surface area contributed by atoms with E-state index in [1.807, 2.05) is 12.1 Å². The summed E-state index contributed by atoms with van der Waals surface area (Å²) in [5, 5.41) is 0. The Kier molecular flexibility index (Phi) is 5.30. The summed E-state index contributed by atoms with van der Waals surface area (Å²) in [5.41, 5.74) is 10.9. The summed E-state index contributed by atoms with van der Waals surface area (Å²) in [6, 6.07) is 16.8. The van der Waals surface area contributed by atoms with Crippen molar-refractivity contribution in [1.29, 1.82) is 0 Å². The maximum absolute atomic E-state index is 12.4. The number of likely N-dealkylation sites (tertiary alicyclic amines) is 1. The van der Waals surface area contributed by atoms with E-state index in [2.05, 4.69) is 36.4 Å². The Labute approximate surface area is 154 Å². The molecule has 1 aliphatic heterocycles. The Morgan fingerprint density at radius 3 is 2.28 bits per heavy atom. The molecule has 1 aliphatic carbocycles. The zero-order valence-corrected chi connectivity index (χ0v) is 14.9. The van der Waals surface area contributed by atoms with E-state index in [9.17, 15) is 4.79 Å². The Bertz CT molecular complexity index is 719. The number of nitrogens with two attached hydrogens (primary N) is 1. The molecule has 4 nitrogen and oxygen atoms in total. The van der Waals surface area contributed by atoms with Crippen molar-refractivity contribution in [2.75, 3.05) is 19.7 Å². The van der Waals surface area contributed by atoms with Crippen LogP contribution in [0.5, 0.6) is 0 Å². The van der Waals surface area contributed by atoms with Gasteiger partial charge in [0.2, 0.25) is 0 Å². The average Bonchev–Trinajstić information content (AvgIpc) is 2.94. The van der Waals surface area contributed by atoms with Crippen molar-refractivity contribution in [3.63, 3.8) is 0 Å². The van der Waals surface area contributed by atoms with Crippen molar-refractivity contribution in [3.8, 4) is 11.1 Å². The van der Waals surface area contributed by atoms with Crippen LogP contribution in [0, 0.1) is 0 Å². The van der Waals surface area contributed by atoms with Crippen LogP contribution < -0.4 is 5.73 Å². The van der Waals surface area contributed by atoms with E-state index in [1.54, 1.807) is 4.90 Å². The van der Waals surface area contributed by atoms with Gasteiger partial charge in [-0.3, -0.25) is 0 Å². The summed E-state index contributed by atoms with van der Waals surface area (Å²) >= 11 is 0. The van der Waals surface area contributed by atoms with E-state index >= 15 is 0 Å². The Hall–Kier alpha value is -2.04.